The predicted molar refractivity (Wildman–Crippen MR) is 108 cm³/mol. The molecule has 2 bridgehead atoms. The highest BCUT2D eigenvalue weighted by atomic mass is 16.5. The second-order valence-corrected chi connectivity index (χ2v) is 8.85. The lowest BCUT2D eigenvalue weighted by Gasteiger charge is -2.56. The first-order valence-corrected chi connectivity index (χ1v) is 10.8. The lowest BCUT2D eigenvalue weighted by Crippen LogP contribution is -2.67. The molecule has 29 heavy (non-hydrogen) atoms. The Morgan fingerprint density at radius 3 is 2.86 bits per heavy atom. The van der Waals surface area contributed by atoms with E-state index in [9.17, 15) is 9.59 Å². The van der Waals surface area contributed by atoms with Gasteiger partial charge in [0, 0.05) is 59.0 Å². The molecule has 3 fully saturated rings. The van der Waals surface area contributed by atoms with Crippen molar-refractivity contribution in [3.8, 4) is 0 Å². The van der Waals surface area contributed by atoms with Crippen LogP contribution in [-0.4, -0.2) is 83.4 Å². The molecule has 0 saturated carbocycles. The number of nitrogens with zero attached hydrogens (tertiary/aromatic N) is 4. The number of hydrogen-bond acceptors (Lipinski definition) is 5. The number of hydrogen-bond donors (Lipinski definition) is 1. The maximum Gasteiger partial charge on any atom is 0.254 e. The van der Waals surface area contributed by atoms with Crippen molar-refractivity contribution >= 4 is 11.8 Å². The van der Waals surface area contributed by atoms with Crippen LogP contribution in [0.2, 0.25) is 0 Å². The van der Waals surface area contributed by atoms with Gasteiger partial charge in [0.05, 0.1) is 23.9 Å². The molecule has 0 aliphatic carbocycles. The van der Waals surface area contributed by atoms with Crippen LogP contribution in [0, 0.1) is 18.8 Å². The Labute approximate surface area is 172 Å². The van der Waals surface area contributed by atoms with E-state index >= 15 is 0 Å². The molecule has 2 amide bonds. The van der Waals surface area contributed by atoms with Gasteiger partial charge < -0.3 is 19.9 Å². The van der Waals surface area contributed by atoms with Crippen LogP contribution in [0.25, 0.3) is 0 Å². The number of aryl methyl sites for hydroxylation is 2. The summed E-state index contributed by atoms with van der Waals surface area (Å²) >= 11 is 0. The van der Waals surface area contributed by atoms with Crippen LogP contribution >= 0.6 is 0 Å². The van der Waals surface area contributed by atoms with Gasteiger partial charge >= 0.3 is 0 Å². The van der Waals surface area contributed by atoms with Crippen molar-refractivity contribution in [1.82, 2.24) is 24.9 Å². The molecular formula is C21H33N5O3. The third-order valence-electron chi connectivity index (χ3n) is 6.91. The fourth-order valence-electron chi connectivity index (χ4n) is 5.65. The molecule has 160 valence electrons. The number of methoxy groups -OCH3 is 1. The van der Waals surface area contributed by atoms with Crippen LogP contribution in [-0.2, 0) is 16.6 Å². The van der Waals surface area contributed by atoms with Gasteiger partial charge in [-0.15, -0.1) is 0 Å². The molecule has 8 nitrogen and oxygen atoms in total. The van der Waals surface area contributed by atoms with Crippen LogP contribution in [0.15, 0.2) is 6.20 Å². The Balaban J connectivity index is 1.50. The second kappa shape index (κ2) is 8.44. The van der Waals surface area contributed by atoms with Gasteiger partial charge in [0.15, 0.2) is 0 Å². The van der Waals surface area contributed by atoms with E-state index in [0.717, 1.165) is 51.2 Å². The maximum atomic E-state index is 12.9. The summed E-state index contributed by atoms with van der Waals surface area (Å²) in [5, 5.41) is 7.37. The number of nitrogens with one attached hydrogen (secondary N) is 1. The summed E-state index contributed by atoms with van der Waals surface area (Å²) in [5.74, 6) is 1.07. The summed E-state index contributed by atoms with van der Waals surface area (Å²) in [4.78, 5) is 30.2. The fourth-order valence-corrected chi connectivity index (χ4v) is 5.65. The summed E-state index contributed by atoms with van der Waals surface area (Å²) in [6.45, 7) is 6.02. The van der Waals surface area contributed by atoms with Gasteiger partial charge in [0.1, 0.15) is 0 Å². The standard InChI is InChI=1S/C21H33N5O3/c1-14-17(13-24(2)23-14)21(28)22-10-19-16-9-15(11-25(12-16)7-8-29-3)18-5-4-6-20(27)26(18)19/h13,15-16,18-19H,4-12H2,1-3H3,(H,22,28)/t15-,16+,18+,19+/m1/s1. The van der Waals surface area contributed by atoms with E-state index in [0.29, 0.717) is 36.4 Å². The molecule has 0 aromatic carbocycles. The molecule has 1 aromatic rings. The van der Waals surface area contributed by atoms with Crippen molar-refractivity contribution < 1.29 is 14.3 Å². The maximum absolute atomic E-state index is 12.9. The normalized spacial score (nSPS) is 29.6. The van der Waals surface area contributed by atoms with Crippen molar-refractivity contribution in [2.75, 3.05) is 39.9 Å². The van der Waals surface area contributed by atoms with E-state index in [4.69, 9.17) is 4.74 Å². The smallest absolute Gasteiger partial charge is 0.254 e. The first kappa shape index (κ1) is 20.3. The Bertz CT molecular complexity index is 763. The number of carbonyl (C=O) groups excluding carboxylic acids is 2. The quantitative estimate of drug-likeness (QED) is 0.760. The highest BCUT2D eigenvalue weighted by molar-refractivity contribution is 5.95. The van der Waals surface area contributed by atoms with E-state index in [1.165, 1.54) is 0 Å². The number of carbonyl (C=O) groups is 2. The molecule has 4 rings (SSSR count). The molecule has 3 aliphatic heterocycles. The Kier molecular flexibility index (Phi) is 5.92. The molecule has 3 saturated heterocycles. The summed E-state index contributed by atoms with van der Waals surface area (Å²) in [6.07, 6.45) is 5.59. The molecule has 4 atom stereocenters. The number of fused-ring (bicyclic) bond motifs is 4. The van der Waals surface area contributed by atoms with Crippen molar-refractivity contribution in [3.63, 3.8) is 0 Å². The molecule has 1 N–H and O–H groups in total. The van der Waals surface area contributed by atoms with E-state index in [1.807, 2.05) is 14.0 Å². The minimum absolute atomic E-state index is 0.0651. The fraction of sp³-hybridized carbons (Fsp3) is 0.762. The summed E-state index contributed by atoms with van der Waals surface area (Å²) in [7, 11) is 3.56. The van der Waals surface area contributed by atoms with Crippen molar-refractivity contribution in [2.24, 2.45) is 18.9 Å². The Morgan fingerprint density at radius 2 is 2.14 bits per heavy atom. The average Bonchev–Trinajstić information content (AvgIpc) is 3.04. The van der Waals surface area contributed by atoms with Crippen molar-refractivity contribution in [1.29, 1.82) is 0 Å². The largest absolute Gasteiger partial charge is 0.383 e. The molecule has 3 aliphatic rings. The first-order valence-electron chi connectivity index (χ1n) is 10.8. The van der Waals surface area contributed by atoms with E-state index in [2.05, 4.69) is 20.2 Å². The number of piperidine rings is 3. The Hall–Kier alpha value is -1.93. The minimum Gasteiger partial charge on any atom is -0.383 e. The molecule has 8 heteroatoms. The van der Waals surface area contributed by atoms with Gasteiger partial charge in [0.25, 0.3) is 5.91 Å². The highest BCUT2D eigenvalue weighted by Crippen LogP contribution is 2.41. The molecular weight excluding hydrogens is 370 g/mol. The van der Waals surface area contributed by atoms with E-state index in [-0.39, 0.29) is 17.9 Å². The van der Waals surface area contributed by atoms with Crippen molar-refractivity contribution in [2.45, 2.75) is 44.7 Å². The third-order valence-corrected chi connectivity index (χ3v) is 6.91. The zero-order valence-electron chi connectivity index (χ0n) is 17.8. The lowest BCUT2D eigenvalue weighted by molar-refractivity contribution is -0.152. The average molecular weight is 404 g/mol. The molecule has 4 heterocycles. The van der Waals surface area contributed by atoms with Crippen LogP contribution in [0.1, 0.15) is 41.7 Å². The van der Waals surface area contributed by atoms with E-state index in [1.54, 1.807) is 18.0 Å². The van der Waals surface area contributed by atoms with Crippen LogP contribution in [0.4, 0.5) is 0 Å². The number of aromatic nitrogens is 2. The highest BCUT2D eigenvalue weighted by Gasteiger charge is 2.49. The Morgan fingerprint density at radius 1 is 1.34 bits per heavy atom. The summed E-state index contributed by atoms with van der Waals surface area (Å²) < 4.78 is 6.95. The molecule has 0 unspecified atom stereocenters. The summed E-state index contributed by atoms with van der Waals surface area (Å²) in [6, 6.07) is 0.371. The van der Waals surface area contributed by atoms with Crippen LogP contribution in [0.5, 0.6) is 0 Å². The van der Waals surface area contributed by atoms with E-state index < -0.39 is 0 Å². The molecule has 0 radical (unpaired) electrons. The molecule has 1 aromatic heterocycles. The lowest BCUT2D eigenvalue weighted by atomic mass is 9.72. The number of rotatable bonds is 6. The second-order valence-electron chi connectivity index (χ2n) is 8.85. The summed E-state index contributed by atoms with van der Waals surface area (Å²) in [5.41, 5.74) is 1.33. The van der Waals surface area contributed by atoms with Gasteiger partial charge in [-0.2, -0.15) is 5.10 Å². The van der Waals surface area contributed by atoms with Gasteiger partial charge in [-0.3, -0.25) is 14.3 Å². The van der Waals surface area contributed by atoms with Crippen LogP contribution < -0.4 is 5.32 Å². The van der Waals surface area contributed by atoms with Gasteiger partial charge in [0.2, 0.25) is 5.91 Å². The number of amides is 2. The van der Waals surface area contributed by atoms with Gasteiger partial charge in [-0.05, 0) is 38.0 Å². The predicted octanol–water partition coefficient (Wildman–Crippen LogP) is 0.806. The minimum atomic E-state index is -0.106. The zero-order valence-corrected chi connectivity index (χ0v) is 17.8. The van der Waals surface area contributed by atoms with Crippen molar-refractivity contribution in [3.05, 3.63) is 17.5 Å². The SMILES string of the molecule is COCCN1C[C@H]2C[C@@H](C1)[C@H](CNC(=O)c1cn(C)nc1C)N1C(=O)CCC[C@@H]21. The topological polar surface area (TPSA) is 79.7 Å². The monoisotopic (exact) mass is 403 g/mol. The first-order chi connectivity index (χ1) is 14.0. The van der Waals surface area contributed by atoms with Crippen LogP contribution in [0.3, 0.4) is 0 Å². The van der Waals surface area contributed by atoms with Gasteiger partial charge in [-0.25, -0.2) is 0 Å². The third kappa shape index (κ3) is 4.05. The molecule has 0 spiro atoms. The zero-order chi connectivity index (χ0) is 20.5. The number of likely N-dealkylation sites (tertiary alicyclic amines) is 1. The van der Waals surface area contributed by atoms with Gasteiger partial charge in [-0.1, -0.05) is 0 Å². The number of ether oxygens (including phenoxy) is 1.